The summed E-state index contributed by atoms with van der Waals surface area (Å²) in [6.45, 7) is 2.38. The third-order valence-electron chi connectivity index (χ3n) is 3.32. The summed E-state index contributed by atoms with van der Waals surface area (Å²) in [6.07, 6.45) is 0. The molecule has 2 heterocycles. The summed E-state index contributed by atoms with van der Waals surface area (Å²) in [6, 6.07) is 8.69. The lowest BCUT2D eigenvalue weighted by Gasteiger charge is -2.32. The maximum atomic E-state index is 12.6. The first kappa shape index (κ1) is 13.8. The van der Waals surface area contributed by atoms with Crippen LogP contribution in [0, 0.1) is 6.92 Å². The molecule has 0 radical (unpaired) electrons. The van der Waals surface area contributed by atoms with E-state index < -0.39 is 6.04 Å². The second-order valence-corrected chi connectivity index (χ2v) is 5.93. The van der Waals surface area contributed by atoms with Crippen molar-refractivity contribution in [3.05, 3.63) is 52.0 Å². The van der Waals surface area contributed by atoms with Crippen LogP contribution < -0.4 is 5.32 Å². The number of amides is 2. The predicted octanol–water partition coefficient (Wildman–Crippen LogP) is 1.65. The van der Waals surface area contributed by atoms with E-state index in [0.717, 1.165) is 16.3 Å². The van der Waals surface area contributed by atoms with Crippen molar-refractivity contribution < 1.29 is 9.59 Å². The second-order valence-electron chi connectivity index (χ2n) is 4.99. The number of aromatic nitrogens is 1. The van der Waals surface area contributed by atoms with Crippen LogP contribution in [0.15, 0.2) is 35.7 Å². The number of thiazole rings is 1. The van der Waals surface area contributed by atoms with Crippen molar-refractivity contribution in [2.24, 2.45) is 0 Å². The predicted molar refractivity (Wildman–Crippen MR) is 79.6 cm³/mol. The molecule has 3 rings (SSSR count). The van der Waals surface area contributed by atoms with Crippen molar-refractivity contribution in [1.82, 2.24) is 15.2 Å². The number of carbonyl (C=O) groups excluding carboxylic acids is 2. The number of nitrogens with zero attached hydrogens (tertiary/aromatic N) is 2. The summed E-state index contributed by atoms with van der Waals surface area (Å²) in [5, 5.41) is 5.55. The Balaban J connectivity index is 1.81. The van der Waals surface area contributed by atoms with Gasteiger partial charge in [0.15, 0.2) is 0 Å². The third-order valence-corrected chi connectivity index (χ3v) is 4.28. The van der Waals surface area contributed by atoms with Crippen LogP contribution in [0.25, 0.3) is 0 Å². The molecule has 1 fully saturated rings. The minimum absolute atomic E-state index is 0.0841. The average Bonchev–Trinajstić information content (AvgIpc) is 2.89. The van der Waals surface area contributed by atoms with Crippen LogP contribution in [-0.2, 0) is 16.1 Å². The van der Waals surface area contributed by atoms with Crippen LogP contribution in [0.2, 0.25) is 0 Å². The van der Waals surface area contributed by atoms with Gasteiger partial charge in [0.05, 0.1) is 6.54 Å². The van der Waals surface area contributed by atoms with E-state index in [-0.39, 0.29) is 18.4 Å². The molecule has 1 aliphatic heterocycles. The molecule has 1 aromatic heterocycles. The van der Waals surface area contributed by atoms with E-state index in [1.54, 1.807) is 4.90 Å². The van der Waals surface area contributed by atoms with Crippen LogP contribution >= 0.6 is 11.3 Å². The molecule has 1 aliphatic rings. The Bertz CT molecular complexity index is 669. The Hall–Kier alpha value is -2.21. The van der Waals surface area contributed by atoms with Gasteiger partial charge in [-0.05, 0) is 12.5 Å². The van der Waals surface area contributed by atoms with Crippen molar-refractivity contribution >= 4 is 23.2 Å². The summed E-state index contributed by atoms with van der Waals surface area (Å²) in [7, 11) is 0. The van der Waals surface area contributed by atoms with Gasteiger partial charge in [0, 0.05) is 11.1 Å². The Morgan fingerprint density at radius 2 is 2.10 bits per heavy atom. The Labute approximate surface area is 126 Å². The molecule has 2 amide bonds. The molecule has 1 saturated heterocycles. The minimum Gasteiger partial charge on any atom is -0.339 e. The van der Waals surface area contributed by atoms with Crippen LogP contribution in [0.4, 0.5) is 0 Å². The lowest BCUT2D eigenvalue weighted by Crippen LogP contribution is -2.52. The van der Waals surface area contributed by atoms with Gasteiger partial charge in [0.2, 0.25) is 5.91 Å². The quantitative estimate of drug-likeness (QED) is 0.937. The highest BCUT2D eigenvalue weighted by Crippen LogP contribution is 2.21. The molecule has 0 spiro atoms. The highest BCUT2D eigenvalue weighted by molar-refractivity contribution is 7.09. The first-order valence-electron chi connectivity index (χ1n) is 6.67. The molecule has 5 nitrogen and oxygen atoms in total. The molecule has 0 bridgehead atoms. The molecule has 1 aromatic carbocycles. The number of hydrogen-bond donors (Lipinski definition) is 1. The standard InChI is InChI=1S/C15H15N3O2S/c1-10-9-21-13(16-10)8-18-7-12(19)17-14(15(18)20)11-5-3-2-4-6-11/h2-6,9,14H,7-8H2,1H3,(H,17,19). The van der Waals surface area contributed by atoms with E-state index >= 15 is 0 Å². The third kappa shape index (κ3) is 2.95. The van der Waals surface area contributed by atoms with Crippen molar-refractivity contribution in [3.63, 3.8) is 0 Å². The topological polar surface area (TPSA) is 62.3 Å². The van der Waals surface area contributed by atoms with Crippen LogP contribution in [0.1, 0.15) is 22.3 Å². The number of carbonyl (C=O) groups is 2. The molecule has 6 heteroatoms. The second kappa shape index (κ2) is 5.65. The van der Waals surface area contributed by atoms with Gasteiger partial charge in [-0.15, -0.1) is 11.3 Å². The van der Waals surface area contributed by atoms with E-state index in [9.17, 15) is 9.59 Å². The van der Waals surface area contributed by atoms with E-state index in [4.69, 9.17) is 0 Å². The summed E-state index contributed by atoms with van der Waals surface area (Å²) in [5.74, 6) is -0.231. The molecule has 2 aromatic rings. The van der Waals surface area contributed by atoms with Gasteiger partial charge in [0.1, 0.15) is 17.6 Å². The fourth-order valence-corrected chi connectivity index (χ4v) is 3.13. The van der Waals surface area contributed by atoms with Gasteiger partial charge in [-0.25, -0.2) is 4.98 Å². The maximum Gasteiger partial charge on any atom is 0.250 e. The van der Waals surface area contributed by atoms with Crippen molar-refractivity contribution in [2.75, 3.05) is 6.54 Å². The summed E-state index contributed by atoms with van der Waals surface area (Å²) in [5.41, 5.74) is 1.74. The highest BCUT2D eigenvalue weighted by atomic mass is 32.1. The molecular weight excluding hydrogens is 286 g/mol. The zero-order chi connectivity index (χ0) is 14.8. The summed E-state index contributed by atoms with van der Waals surface area (Å²) >= 11 is 1.51. The first-order chi connectivity index (χ1) is 10.1. The number of nitrogens with one attached hydrogen (secondary N) is 1. The van der Waals surface area contributed by atoms with Gasteiger partial charge < -0.3 is 10.2 Å². The van der Waals surface area contributed by atoms with E-state index in [0.29, 0.717) is 6.54 Å². The molecule has 0 saturated carbocycles. The first-order valence-corrected chi connectivity index (χ1v) is 7.55. The highest BCUT2D eigenvalue weighted by Gasteiger charge is 2.33. The number of benzene rings is 1. The number of piperazine rings is 1. The lowest BCUT2D eigenvalue weighted by atomic mass is 10.0. The van der Waals surface area contributed by atoms with E-state index in [1.807, 2.05) is 42.6 Å². The number of aryl methyl sites for hydroxylation is 1. The number of rotatable bonds is 3. The Kier molecular flexibility index (Phi) is 3.70. The zero-order valence-electron chi connectivity index (χ0n) is 11.6. The number of hydrogen-bond acceptors (Lipinski definition) is 4. The monoisotopic (exact) mass is 301 g/mol. The van der Waals surface area contributed by atoms with Crippen LogP contribution in [0.3, 0.4) is 0 Å². The molecular formula is C15H15N3O2S. The van der Waals surface area contributed by atoms with Gasteiger partial charge in [-0.1, -0.05) is 30.3 Å². The lowest BCUT2D eigenvalue weighted by molar-refractivity contribution is -0.145. The van der Waals surface area contributed by atoms with E-state index in [1.165, 1.54) is 11.3 Å². The molecule has 1 unspecified atom stereocenters. The van der Waals surface area contributed by atoms with Gasteiger partial charge in [0.25, 0.3) is 5.91 Å². The zero-order valence-corrected chi connectivity index (χ0v) is 12.4. The van der Waals surface area contributed by atoms with Crippen molar-refractivity contribution in [2.45, 2.75) is 19.5 Å². The normalized spacial score (nSPS) is 18.7. The fraction of sp³-hybridized carbons (Fsp3) is 0.267. The SMILES string of the molecule is Cc1csc(CN2CC(=O)NC(c3ccccc3)C2=O)n1. The largest absolute Gasteiger partial charge is 0.339 e. The van der Waals surface area contributed by atoms with Gasteiger partial charge >= 0.3 is 0 Å². The maximum absolute atomic E-state index is 12.6. The van der Waals surface area contributed by atoms with Crippen LogP contribution in [-0.4, -0.2) is 28.2 Å². The summed E-state index contributed by atoms with van der Waals surface area (Å²) in [4.78, 5) is 30.4. The smallest absolute Gasteiger partial charge is 0.250 e. The molecule has 1 atom stereocenters. The average molecular weight is 301 g/mol. The molecule has 21 heavy (non-hydrogen) atoms. The van der Waals surface area contributed by atoms with Crippen molar-refractivity contribution in [3.8, 4) is 0 Å². The summed E-state index contributed by atoms with van der Waals surface area (Å²) < 4.78 is 0. The van der Waals surface area contributed by atoms with E-state index in [2.05, 4.69) is 10.3 Å². The van der Waals surface area contributed by atoms with Gasteiger partial charge in [-0.3, -0.25) is 9.59 Å². The Morgan fingerprint density at radius 3 is 2.76 bits per heavy atom. The van der Waals surface area contributed by atoms with Gasteiger partial charge in [-0.2, -0.15) is 0 Å². The molecule has 108 valence electrons. The van der Waals surface area contributed by atoms with Crippen molar-refractivity contribution in [1.29, 1.82) is 0 Å². The Morgan fingerprint density at radius 1 is 1.33 bits per heavy atom. The fourth-order valence-electron chi connectivity index (χ4n) is 2.35. The van der Waals surface area contributed by atoms with Crippen LogP contribution in [0.5, 0.6) is 0 Å². The minimum atomic E-state index is -0.603. The molecule has 0 aliphatic carbocycles. The molecule has 1 N–H and O–H groups in total.